The average molecular weight is 555 g/mol. The van der Waals surface area contributed by atoms with Crippen LogP contribution >= 0.6 is 0 Å². The Morgan fingerprint density at radius 1 is 0.750 bits per heavy atom. The van der Waals surface area contributed by atoms with Crippen LogP contribution in [0.2, 0.25) is 0 Å². The van der Waals surface area contributed by atoms with Gasteiger partial charge in [-0.1, -0.05) is 60.7 Å². The molecule has 4 amide bonds. The SMILES string of the molecule is O=C1NC(=O)N(c2ccc(OCc3ccccc3)cc2)C(=O)/C1=C\c1cccc(OS(=O)(=O)c2ccccc2)c1. The van der Waals surface area contributed by atoms with E-state index in [1.807, 2.05) is 30.3 Å². The third kappa shape index (κ3) is 5.92. The molecule has 4 aromatic rings. The molecule has 1 saturated heterocycles. The number of nitrogens with one attached hydrogen (secondary N) is 1. The van der Waals surface area contributed by atoms with Gasteiger partial charge in [0.25, 0.3) is 11.8 Å². The second kappa shape index (κ2) is 11.3. The van der Waals surface area contributed by atoms with Crippen LogP contribution in [0.25, 0.3) is 6.08 Å². The van der Waals surface area contributed by atoms with E-state index in [-0.39, 0.29) is 21.9 Å². The molecule has 200 valence electrons. The lowest BCUT2D eigenvalue weighted by molar-refractivity contribution is -0.122. The van der Waals surface area contributed by atoms with Crippen LogP contribution in [0.4, 0.5) is 10.5 Å². The molecule has 1 aliphatic heterocycles. The smallest absolute Gasteiger partial charge is 0.339 e. The second-order valence-corrected chi connectivity index (χ2v) is 10.2. The van der Waals surface area contributed by atoms with E-state index in [0.717, 1.165) is 10.5 Å². The second-order valence-electron chi connectivity index (χ2n) is 8.65. The average Bonchev–Trinajstić information content (AvgIpc) is 2.96. The molecule has 1 aliphatic rings. The number of amides is 4. The van der Waals surface area contributed by atoms with Crippen LogP contribution in [0.15, 0.2) is 120 Å². The van der Waals surface area contributed by atoms with Gasteiger partial charge in [0.2, 0.25) is 0 Å². The molecule has 9 nitrogen and oxygen atoms in total. The standard InChI is InChI=1S/C30H22N2O7S/c33-28-27(19-22-10-7-11-25(18-22)39-40(36,37)26-12-5-2-6-13-26)29(34)32(30(35)31-28)23-14-16-24(17-15-23)38-20-21-8-3-1-4-9-21/h1-19H,20H2,(H,31,33,35)/b27-19-. The summed E-state index contributed by atoms with van der Waals surface area (Å²) in [6, 6.07) is 28.5. The van der Waals surface area contributed by atoms with Crippen molar-refractivity contribution in [2.45, 2.75) is 11.5 Å². The highest BCUT2D eigenvalue weighted by atomic mass is 32.2. The van der Waals surface area contributed by atoms with Crippen molar-refractivity contribution in [3.8, 4) is 11.5 Å². The minimum absolute atomic E-state index is 0.0131. The highest BCUT2D eigenvalue weighted by Crippen LogP contribution is 2.26. The zero-order valence-electron chi connectivity index (χ0n) is 20.9. The van der Waals surface area contributed by atoms with Crippen molar-refractivity contribution in [3.63, 3.8) is 0 Å². The molecule has 1 heterocycles. The van der Waals surface area contributed by atoms with Crippen molar-refractivity contribution < 1.29 is 31.7 Å². The maximum absolute atomic E-state index is 13.3. The van der Waals surface area contributed by atoms with Gasteiger partial charge in [-0.25, -0.2) is 9.69 Å². The van der Waals surface area contributed by atoms with Gasteiger partial charge in [0.1, 0.15) is 28.6 Å². The van der Waals surface area contributed by atoms with Crippen LogP contribution in [0.1, 0.15) is 11.1 Å². The summed E-state index contributed by atoms with van der Waals surface area (Å²) in [7, 11) is -4.09. The van der Waals surface area contributed by atoms with Crippen LogP contribution in [0.5, 0.6) is 11.5 Å². The Bertz CT molecular complexity index is 1700. The number of carbonyl (C=O) groups excluding carboxylic acids is 3. The van der Waals surface area contributed by atoms with E-state index >= 15 is 0 Å². The van der Waals surface area contributed by atoms with E-state index in [1.165, 1.54) is 48.5 Å². The number of hydrogen-bond donors (Lipinski definition) is 1. The van der Waals surface area contributed by atoms with Gasteiger partial charge in [0.05, 0.1) is 5.69 Å². The zero-order valence-corrected chi connectivity index (χ0v) is 21.7. The summed E-state index contributed by atoms with van der Waals surface area (Å²) in [5.41, 5.74) is 1.22. The van der Waals surface area contributed by atoms with Crippen molar-refractivity contribution in [3.05, 3.63) is 126 Å². The quantitative estimate of drug-likeness (QED) is 0.191. The Morgan fingerprint density at radius 2 is 1.43 bits per heavy atom. The van der Waals surface area contributed by atoms with Crippen LogP contribution in [-0.4, -0.2) is 26.3 Å². The molecule has 0 saturated carbocycles. The van der Waals surface area contributed by atoms with Crippen LogP contribution in [0.3, 0.4) is 0 Å². The first kappa shape index (κ1) is 26.4. The van der Waals surface area contributed by atoms with E-state index in [1.54, 1.807) is 36.4 Å². The number of rotatable bonds is 8. The molecule has 10 heteroatoms. The van der Waals surface area contributed by atoms with E-state index < -0.39 is 28.0 Å². The van der Waals surface area contributed by atoms with Gasteiger partial charge in [-0.05, 0) is 65.7 Å². The summed E-state index contributed by atoms with van der Waals surface area (Å²) in [5.74, 6) is -1.19. The lowest BCUT2D eigenvalue weighted by atomic mass is 10.1. The van der Waals surface area contributed by atoms with E-state index in [0.29, 0.717) is 17.9 Å². The largest absolute Gasteiger partial charge is 0.489 e. The van der Waals surface area contributed by atoms with Gasteiger partial charge in [-0.2, -0.15) is 8.42 Å². The molecule has 0 aromatic heterocycles. The highest BCUT2D eigenvalue weighted by molar-refractivity contribution is 7.87. The molecule has 0 atom stereocenters. The topological polar surface area (TPSA) is 119 Å². The van der Waals surface area contributed by atoms with Gasteiger partial charge >= 0.3 is 16.1 Å². The van der Waals surface area contributed by atoms with Crippen molar-refractivity contribution in [1.29, 1.82) is 0 Å². The predicted octanol–water partition coefficient (Wildman–Crippen LogP) is 4.70. The monoisotopic (exact) mass is 554 g/mol. The van der Waals surface area contributed by atoms with Crippen molar-refractivity contribution in [2.75, 3.05) is 4.90 Å². The van der Waals surface area contributed by atoms with E-state index in [9.17, 15) is 22.8 Å². The molecule has 0 aliphatic carbocycles. The zero-order chi connectivity index (χ0) is 28.1. The number of barbiturate groups is 1. The number of benzene rings is 4. The fraction of sp³-hybridized carbons (Fsp3) is 0.0333. The summed E-state index contributed by atoms with van der Waals surface area (Å²) in [4.78, 5) is 39.2. The summed E-state index contributed by atoms with van der Waals surface area (Å²) in [6.45, 7) is 0.347. The minimum Gasteiger partial charge on any atom is -0.489 e. The molecule has 5 rings (SSSR count). The number of carbonyl (C=O) groups is 3. The highest BCUT2D eigenvalue weighted by Gasteiger charge is 2.36. The van der Waals surface area contributed by atoms with Crippen LogP contribution in [-0.2, 0) is 26.3 Å². The first-order chi connectivity index (χ1) is 19.3. The van der Waals surface area contributed by atoms with Crippen LogP contribution in [0, 0.1) is 0 Å². The first-order valence-electron chi connectivity index (χ1n) is 12.1. The summed E-state index contributed by atoms with van der Waals surface area (Å²) >= 11 is 0. The molecule has 0 unspecified atom stereocenters. The molecule has 0 radical (unpaired) electrons. The maximum atomic E-state index is 13.3. The van der Waals surface area contributed by atoms with Crippen molar-refractivity contribution >= 4 is 39.7 Å². The predicted molar refractivity (Wildman–Crippen MR) is 147 cm³/mol. The number of anilines is 1. The lowest BCUT2D eigenvalue weighted by Gasteiger charge is -2.26. The molecule has 4 aromatic carbocycles. The molecular formula is C30H22N2O7S. The lowest BCUT2D eigenvalue weighted by Crippen LogP contribution is -2.54. The normalized spacial score (nSPS) is 14.7. The van der Waals surface area contributed by atoms with Crippen molar-refractivity contribution in [1.82, 2.24) is 5.32 Å². The number of ether oxygens (including phenoxy) is 1. The molecule has 0 bridgehead atoms. The summed E-state index contributed by atoms with van der Waals surface area (Å²) in [6.07, 6.45) is 1.26. The third-order valence-electron chi connectivity index (χ3n) is 5.85. The fourth-order valence-electron chi connectivity index (χ4n) is 3.91. The first-order valence-corrected chi connectivity index (χ1v) is 13.5. The van der Waals surface area contributed by atoms with E-state index in [2.05, 4.69) is 5.32 Å². The summed E-state index contributed by atoms with van der Waals surface area (Å²) in [5, 5.41) is 2.16. The molecule has 1 N–H and O–H groups in total. The number of urea groups is 1. The summed E-state index contributed by atoms with van der Waals surface area (Å²) < 4.78 is 36.1. The Balaban J connectivity index is 1.34. The Morgan fingerprint density at radius 3 is 2.12 bits per heavy atom. The minimum atomic E-state index is -4.09. The molecule has 40 heavy (non-hydrogen) atoms. The Labute approximate surface area is 230 Å². The fourth-order valence-corrected chi connectivity index (χ4v) is 4.85. The number of imide groups is 2. The van der Waals surface area contributed by atoms with Gasteiger partial charge in [0.15, 0.2) is 0 Å². The molecular weight excluding hydrogens is 532 g/mol. The third-order valence-corrected chi connectivity index (χ3v) is 7.11. The Hall–Kier alpha value is -5.22. The molecule has 0 spiro atoms. The Kier molecular flexibility index (Phi) is 7.43. The van der Waals surface area contributed by atoms with Gasteiger partial charge in [-0.3, -0.25) is 14.9 Å². The maximum Gasteiger partial charge on any atom is 0.339 e. The van der Waals surface area contributed by atoms with Crippen LogP contribution < -0.4 is 19.1 Å². The van der Waals surface area contributed by atoms with Gasteiger partial charge < -0.3 is 8.92 Å². The van der Waals surface area contributed by atoms with Crippen molar-refractivity contribution in [2.24, 2.45) is 0 Å². The van der Waals surface area contributed by atoms with E-state index in [4.69, 9.17) is 8.92 Å². The number of hydrogen-bond acceptors (Lipinski definition) is 7. The van der Waals surface area contributed by atoms with Gasteiger partial charge in [-0.15, -0.1) is 0 Å². The van der Waals surface area contributed by atoms with Gasteiger partial charge in [0, 0.05) is 0 Å². The molecule has 1 fully saturated rings. The number of nitrogens with zero attached hydrogens (tertiary/aromatic N) is 1.